The first-order valence-corrected chi connectivity index (χ1v) is 12.9. The minimum Gasteiger partial charge on any atom is -0.484 e. The van der Waals surface area contributed by atoms with Gasteiger partial charge in [0.05, 0.1) is 11.1 Å². The second-order valence-corrected chi connectivity index (χ2v) is 8.65. The van der Waals surface area contributed by atoms with E-state index in [1.165, 1.54) is 26.0 Å². The summed E-state index contributed by atoms with van der Waals surface area (Å²) < 4.78 is 25.2. The van der Waals surface area contributed by atoms with Gasteiger partial charge in [-0.2, -0.15) is 0 Å². The number of rotatable bonds is 5. The van der Waals surface area contributed by atoms with Crippen LogP contribution >= 0.6 is 34.2 Å². The molecule has 0 saturated heterocycles. The van der Waals surface area contributed by atoms with Gasteiger partial charge in [-0.1, -0.05) is 34.2 Å². The highest BCUT2D eigenvalue weighted by Gasteiger charge is 2.47. The summed E-state index contributed by atoms with van der Waals surface area (Å²) in [6.45, 7) is 6.32. The Morgan fingerprint density at radius 3 is 2.35 bits per heavy atom. The average molecular weight is 605 g/mol. The van der Waals surface area contributed by atoms with Crippen molar-refractivity contribution in [3.05, 3.63) is 63.9 Å². The van der Waals surface area contributed by atoms with E-state index in [1.807, 2.05) is 4.93 Å². The molecule has 2 aromatic rings. The number of halogens is 3. The molecule has 1 aliphatic rings. The molecule has 7 nitrogen and oxygen atoms in total. The summed E-state index contributed by atoms with van der Waals surface area (Å²) in [5, 5.41) is 2.62. The lowest BCUT2D eigenvalue weighted by molar-refractivity contribution is -0.166. The highest BCUT2D eigenvalue weighted by molar-refractivity contribution is 14.1. The minimum atomic E-state index is -1.05. The molecule has 0 fully saturated rings. The third-order valence-corrected chi connectivity index (χ3v) is 5.49. The van der Waals surface area contributed by atoms with Crippen LogP contribution in [0.5, 0.6) is 5.75 Å². The van der Waals surface area contributed by atoms with E-state index in [9.17, 15) is 18.8 Å². The molecule has 0 radical (unpaired) electrons. The van der Waals surface area contributed by atoms with E-state index in [0.29, 0.717) is 16.9 Å². The predicted molar refractivity (Wildman–Crippen MR) is 136 cm³/mol. The monoisotopic (exact) mass is 604 g/mol. The summed E-state index contributed by atoms with van der Waals surface area (Å²) in [7, 11) is 0. The summed E-state index contributed by atoms with van der Waals surface area (Å²) >= 11 is 7.97. The fraction of sp³-hybridized carbons (Fsp3) is 0.375. The van der Waals surface area contributed by atoms with Gasteiger partial charge in [0.1, 0.15) is 23.2 Å². The Morgan fingerprint density at radius 2 is 1.79 bits per heavy atom. The van der Waals surface area contributed by atoms with Gasteiger partial charge < -0.3 is 20.5 Å². The van der Waals surface area contributed by atoms with Crippen LogP contribution in [0.2, 0.25) is 5.02 Å². The Labute approximate surface area is 216 Å². The van der Waals surface area contributed by atoms with Crippen molar-refractivity contribution in [2.24, 2.45) is 5.73 Å². The standard InChI is InChI=1S/C23H24ClFN2O5.CH3I/c1-11(26)22(30)31-20-19(27-21(29)14-5-7-17(25)16(24)10-14)15-9-13(12(2)28)6-8-18(15)32-23(20,3)4;1-2/h5-11,19-20H,26H2,1-4H3,(H,27,29);1H3/t11-,19-,20-;/m0./s1. The highest BCUT2D eigenvalue weighted by Crippen LogP contribution is 2.42. The van der Waals surface area contributed by atoms with Gasteiger partial charge in [0.2, 0.25) is 0 Å². The number of carbonyl (C=O) groups excluding carboxylic acids is 3. The van der Waals surface area contributed by atoms with E-state index in [1.54, 1.807) is 32.0 Å². The van der Waals surface area contributed by atoms with E-state index in [2.05, 4.69) is 27.9 Å². The number of nitrogens with one attached hydrogen (secondary N) is 1. The smallest absolute Gasteiger partial charge is 0.323 e. The zero-order chi connectivity index (χ0) is 25.8. The molecule has 1 heterocycles. The highest BCUT2D eigenvalue weighted by atomic mass is 127. The first-order valence-electron chi connectivity index (χ1n) is 10.3. The number of fused-ring (bicyclic) bond motifs is 1. The number of benzene rings is 2. The molecular formula is C24H27ClFIN2O5. The van der Waals surface area contributed by atoms with Crippen molar-refractivity contribution in [2.75, 3.05) is 4.93 Å². The van der Waals surface area contributed by atoms with Gasteiger partial charge in [-0.3, -0.25) is 14.4 Å². The summed E-state index contributed by atoms with van der Waals surface area (Å²) in [6, 6.07) is 6.62. The van der Waals surface area contributed by atoms with Crippen LogP contribution in [0.15, 0.2) is 36.4 Å². The van der Waals surface area contributed by atoms with Crippen molar-refractivity contribution in [1.82, 2.24) is 5.32 Å². The molecule has 0 spiro atoms. The third-order valence-electron chi connectivity index (χ3n) is 5.20. The van der Waals surface area contributed by atoms with Gasteiger partial charge in [0.25, 0.3) is 5.91 Å². The maximum atomic E-state index is 13.5. The number of amides is 1. The molecule has 0 bridgehead atoms. The summed E-state index contributed by atoms with van der Waals surface area (Å²) in [5.41, 5.74) is 5.59. The Balaban J connectivity index is 0.00000199. The van der Waals surface area contributed by atoms with Gasteiger partial charge >= 0.3 is 5.97 Å². The number of esters is 1. The van der Waals surface area contributed by atoms with Crippen LogP contribution in [0.3, 0.4) is 0 Å². The van der Waals surface area contributed by atoms with Gasteiger partial charge in [-0.15, -0.1) is 0 Å². The van der Waals surface area contributed by atoms with Crippen molar-refractivity contribution in [3.8, 4) is 5.75 Å². The van der Waals surface area contributed by atoms with E-state index in [-0.39, 0.29) is 16.4 Å². The molecular weight excluding hydrogens is 578 g/mol. The van der Waals surface area contributed by atoms with Crippen molar-refractivity contribution in [1.29, 1.82) is 0 Å². The molecule has 1 aliphatic heterocycles. The fourth-order valence-corrected chi connectivity index (χ4v) is 3.65. The molecule has 0 unspecified atom stereocenters. The van der Waals surface area contributed by atoms with E-state index < -0.39 is 41.5 Å². The van der Waals surface area contributed by atoms with Crippen LogP contribution in [-0.2, 0) is 9.53 Å². The molecule has 1 amide bonds. The molecule has 2 aromatic carbocycles. The molecule has 34 heavy (non-hydrogen) atoms. The van der Waals surface area contributed by atoms with Crippen LogP contribution < -0.4 is 15.8 Å². The lowest BCUT2D eigenvalue weighted by atomic mass is 9.85. The number of nitrogens with two attached hydrogens (primary N) is 1. The van der Waals surface area contributed by atoms with Crippen LogP contribution in [0.25, 0.3) is 0 Å². The summed E-state index contributed by atoms with van der Waals surface area (Å²) in [6.07, 6.45) is -0.976. The van der Waals surface area contributed by atoms with Gasteiger partial charge in [-0.25, -0.2) is 4.39 Å². The second kappa shape index (κ2) is 11.5. The second-order valence-electron chi connectivity index (χ2n) is 8.24. The van der Waals surface area contributed by atoms with Crippen molar-refractivity contribution >= 4 is 51.9 Å². The number of ether oxygens (including phenoxy) is 2. The van der Waals surface area contributed by atoms with Gasteiger partial charge in [-0.05, 0) is 69.0 Å². The maximum absolute atomic E-state index is 13.5. The van der Waals surface area contributed by atoms with E-state index >= 15 is 0 Å². The molecule has 184 valence electrons. The Bertz CT molecular complexity index is 1090. The maximum Gasteiger partial charge on any atom is 0.323 e. The fourth-order valence-electron chi connectivity index (χ4n) is 3.47. The van der Waals surface area contributed by atoms with Crippen molar-refractivity contribution in [3.63, 3.8) is 0 Å². The molecule has 0 saturated carbocycles. The average Bonchev–Trinajstić information content (AvgIpc) is 2.78. The first-order chi connectivity index (χ1) is 15.9. The predicted octanol–water partition coefficient (Wildman–Crippen LogP) is 4.63. The summed E-state index contributed by atoms with van der Waals surface area (Å²) in [4.78, 5) is 39.3. The summed E-state index contributed by atoms with van der Waals surface area (Å²) in [5.74, 6) is -1.67. The number of hydrogen-bond donors (Lipinski definition) is 2. The van der Waals surface area contributed by atoms with Crippen LogP contribution in [0, 0.1) is 5.82 Å². The number of carbonyl (C=O) groups is 3. The lowest BCUT2D eigenvalue weighted by Crippen LogP contribution is -2.56. The molecule has 3 rings (SSSR count). The van der Waals surface area contributed by atoms with Crippen LogP contribution in [-0.4, -0.2) is 40.3 Å². The topological polar surface area (TPSA) is 108 Å². The molecule has 3 atom stereocenters. The first kappa shape index (κ1) is 28.0. The largest absolute Gasteiger partial charge is 0.484 e. The Kier molecular flexibility index (Phi) is 9.44. The number of ketones is 1. The van der Waals surface area contributed by atoms with Crippen LogP contribution in [0.4, 0.5) is 4.39 Å². The normalized spacial score (nSPS) is 18.9. The van der Waals surface area contributed by atoms with E-state index in [4.69, 9.17) is 26.8 Å². The van der Waals surface area contributed by atoms with Crippen molar-refractivity contribution < 1.29 is 28.2 Å². The zero-order valence-corrected chi connectivity index (χ0v) is 22.4. The minimum absolute atomic E-state index is 0.113. The van der Waals surface area contributed by atoms with Gasteiger partial charge in [0, 0.05) is 16.7 Å². The SMILES string of the molecule is CC(=O)c1ccc2c(c1)[C@H](NC(=O)c1ccc(F)c(Cl)c1)[C@H](OC(=O)[C@H](C)N)C(C)(C)O2.CI. The Morgan fingerprint density at radius 1 is 1.18 bits per heavy atom. The lowest BCUT2D eigenvalue weighted by Gasteiger charge is -2.44. The number of alkyl halides is 1. The molecule has 3 N–H and O–H groups in total. The van der Waals surface area contributed by atoms with Gasteiger partial charge in [0.15, 0.2) is 11.9 Å². The Hall–Kier alpha value is -2.24. The molecule has 0 aromatic heterocycles. The van der Waals surface area contributed by atoms with Crippen LogP contribution in [0.1, 0.15) is 60.0 Å². The number of Topliss-reactive ketones (excluding diaryl/α,β-unsaturated/α-hetero) is 1. The quantitative estimate of drug-likeness (QED) is 0.223. The molecule has 10 heteroatoms. The van der Waals surface area contributed by atoms with E-state index in [0.717, 1.165) is 6.07 Å². The van der Waals surface area contributed by atoms with Crippen molar-refractivity contribution in [2.45, 2.75) is 51.5 Å². The zero-order valence-electron chi connectivity index (χ0n) is 19.4. The molecule has 0 aliphatic carbocycles. The number of hydrogen-bond acceptors (Lipinski definition) is 6. The third kappa shape index (κ3) is 6.25.